The van der Waals surface area contributed by atoms with Gasteiger partial charge in [0, 0.05) is 24.7 Å². The Bertz CT molecular complexity index is 1210. The summed E-state index contributed by atoms with van der Waals surface area (Å²) in [6, 6.07) is 1.34. The van der Waals surface area contributed by atoms with Gasteiger partial charge in [-0.1, -0.05) is 0 Å². The number of imidazole rings is 1. The number of halogens is 3. The van der Waals surface area contributed by atoms with Gasteiger partial charge in [-0.3, -0.25) is 0 Å². The fraction of sp³-hybridized carbons (Fsp3) is 0.400. The van der Waals surface area contributed by atoms with Gasteiger partial charge in [0.15, 0.2) is 5.82 Å². The van der Waals surface area contributed by atoms with Gasteiger partial charge in [-0.05, 0) is 25.8 Å². The molecule has 5 N–H and O–H groups in total. The van der Waals surface area contributed by atoms with Crippen molar-refractivity contribution in [1.29, 1.82) is 0 Å². The van der Waals surface area contributed by atoms with Crippen molar-refractivity contribution < 1.29 is 27.4 Å². The van der Waals surface area contributed by atoms with Crippen LogP contribution in [0.25, 0.3) is 22.8 Å². The predicted octanol–water partition coefficient (Wildman–Crippen LogP) is 2.84. The summed E-state index contributed by atoms with van der Waals surface area (Å²) < 4.78 is 46.8. The number of H-pyrrole nitrogens is 1. The Morgan fingerprint density at radius 1 is 1.26 bits per heavy atom. The van der Waals surface area contributed by atoms with E-state index in [0.717, 1.165) is 12.8 Å². The Morgan fingerprint density at radius 3 is 2.71 bits per heavy atom. The number of rotatable bonds is 8. The van der Waals surface area contributed by atoms with Gasteiger partial charge in [0.2, 0.25) is 5.95 Å². The molecule has 12 nitrogen and oxygen atoms in total. The average Bonchev–Trinajstić information content (AvgIpc) is 3.57. The number of aromatic amines is 1. The normalized spacial score (nSPS) is 14.3. The maximum Gasteiger partial charge on any atom is 0.574 e. The van der Waals surface area contributed by atoms with Crippen LogP contribution < -0.4 is 21.1 Å². The second kappa shape index (κ2) is 9.60. The number of carbonyl (C=O) groups is 1. The molecule has 0 spiro atoms. The van der Waals surface area contributed by atoms with Crippen LogP contribution in [0.2, 0.25) is 0 Å². The Morgan fingerprint density at radius 2 is 2.03 bits per heavy atom. The Hall–Kier alpha value is -4.17. The molecule has 1 fully saturated rings. The summed E-state index contributed by atoms with van der Waals surface area (Å²) in [7, 11) is 1.27. The van der Waals surface area contributed by atoms with Gasteiger partial charge >= 0.3 is 12.5 Å². The highest BCUT2D eigenvalue weighted by molar-refractivity contribution is 5.75. The minimum atomic E-state index is -4.98. The van der Waals surface area contributed by atoms with Gasteiger partial charge in [0.25, 0.3) is 5.88 Å². The van der Waals surface area contributed by atoms with Crippen molar-refractivity contribution in [3.63, 3.8) is 0 Å². The van der Waals surface area contributed by atoms with Gasteiger partial charge in [-0.2, -0.15) is 0 Å². The smallest absolute Gasteiger partial charge is 0.453 e. The summed E-state index contributed by atoms with van der Waals surface area (Å²) in [6.45, 7) is 2.08. The topological polar surface area (TPSA) is 166 Å². The number of methoxy groups -OCH3 is 1. The molecule has 0 bridgehead atoms. The van der Waals surface area contributed by atoms with Crippen LogP contribution in [0.15, 0.2) is 18.5 Å². The Balaban J connectivity index is 1.64. The van der Waals surface area contributed by atoms with E-state index >= 15 is 0 Å². The van der Waals surface area contributed by atoms with Crippen LogP contribution in [0.4, 0.5) is 29.7 Å². The summed E-state index contributed by atoms with van der Waals surface area (Å²) in [4.78, 5) is 35.4. The van der Waals surface area contributed by atoms with E-state index in [1.807, 2.05) is 0 Å². The lowest BCUT2D eigenvalue weighted by molar-refractivity contribution is -0.275. The SMILES string of the molecule is COC(=O)NC(C)CNc1nccc(-c2[nH]c(C3CC3)nc2-c2cnc(N)c(OC(F)(F)F)n2)n1. The summed E-state index contributed by atoms with van der Waals surface area (Å²) in [6.07, 6.45) is -0.954. The van der Waals surface area contributed by atoms with Gasteiger partial charge in [0.05, 0.1) is 24.7 Å². The molecule has 0 radical (unpaired) electrons. The van der Waals surface area contributed by atoms with Gasteiger partial charge in [-0.25, -0.2) is 29.7 Å². The number of nitrogen functional groups attached to an aromatic ring is 1. The van der Waals surface area contributed by atoms with Crippen LogP contribution in [0.3, 0.4) is 0 Å². The van der Waals surface area contributed by atoms with Crippen LogP contribution in [0.5, 0.6) is 5.88 Å². The fourth-order valence-corrected chi connectivity index (χ4v) is 3.13. The molecule has 1 saturated carbocycles. The molecule has 3 aromatic rings. The van der Waals surface area contributed by atoms with E-state index in [-0.39, 0.29) is 29.3 Å². The third-order valence-electron chi connectivity index (χ3n) is 4.94. The third-order valence-corrected chi connectivity index (χ3v) is 4.94. The number of anilines is 2. The quantitative estimate of drug-likeness (QED) is 0.366. The van der Waals surface area contributed by atoms with Crippen molar-refractivity contribution in [1.82, 2.24) is 35.2 Å². The zero-order valence-corrected chi connectivity index (χ0v) is 18.7. The first kappa shape index (κ1) is 24.0. The lowest BCUT2D eigenvalue weighted by Gasteiger charge is -2.14. The van der Waals surface area contributed by atoms with Crippen molar-refractivity contribution in [2.75, 3.05) is 24.7 Å². The lowest BCUT2D eigenvalue weighted by Crippen LogP contribution is -2.37. The van der Waals surface area contributed by atoms with E-state index < -0.39 is 24.2 Å². The van der Waals surface area contributed by atoms with Gasteiger partial charge in [0.1, 0.15) is 17.2 Å². The molecule has 35 heavy (non-hydrogen) atoms. The Labute approximate surface area is 196 Å². The second-order valence-corrected chi connectivity index (χ2v) is 7.80. The number of alkyl halides is 3. The first-order valence-corrected chi connectivity index (χ1v) is 10.5. The van der Waals surface area contributed by atoms with E-state index in [1.165, 1.54) is 19.5 Å². The molecule has 1 amide bonds. The summed E-state index contributed by atoms with van der Waals surface area (Å²) in [5.41, 5.74) is 6.63. The zero-order chi connectivity index (χ0) is 25.2. The molecule has 1 atom stereocenters. The standard InChI is InChI=1S/C20H22F3N9O3/c1-9(28-19(33)34-2)7-27-18-25-6-5-11(30-18)13-14(32-16(31-13)10-3-4-10)12-8-26-15(24)17(29-12)35-20(21,22)23/h5-6,8-10H,3-4,7H2,1-2H3,(H2,24,26)(H,28,33)(H,31,32)(H,25,27,30). The predicted molar refractivity (Wildman–Crippen MR) is 117 cm³/mol. The number of ether oxygens (including phenoxy) is 2. The lowest BCUT2D eigenvalue weighted by atomic mass is 10.2. The van der Waals surface area contributed by atoms with Crippen LogP contribution in [0.1, 0.15) is 31.5 Å². The largest absolute Gasteiger partial charge is 0.574 e. The summed E-state index contributed by atoms with van der Waals surface area (Å²) in [5, 5.41) is 5.62. The number of alkyl carbamates (subject to hydrolysis) is 1. The maximum atomic E-state index is 12.8. The van der Waals surface area contributed by atoms with E-state index in [9.17, 15) is 18.0 Å². The van der Waals surface area contributed by atoms with Gasteiger partial charge in [-0.15, -0.1) is 13.2 Å². The number of hydrogen-bond donors (Lipinski definition) is 4. The average molecular weight is 493 g/mol. The number of hydrogen-bond acceptors (Lipinski definition) is 10. The molecule has 0 aromatic carbocycles. The van der Waals surface area contributed by atoms with Crippen molar-refractivity contribution in [3.05, 3.63) is 24.3 Å². The molecule has 1 unspecified atom stereocenters. The maximum absolute atomic E-state index is 12.8. The minimum Gasteiger partial charge on any atom is -0.453 e. The molecule has 186 valence electrons. The van der Waals surface area contributed by atoms with E-state index in [1.54, 1.807) is 13.0 Å². The van der Waals surface area contributed by atoms with Gasteiger partial charge < -0.3 is 30.8 Å². The molecule has 3 aromatic heterocycles. The molecule has 1 aliphatic carbocycles. The first-order chi connectivity index (χ1) is 16.6. The van der Waals surface area contributed by atoms with Crippen LogP contribution >= 0.6 is 0 Å². The van der Waals surface area contributed by atoms with Crippen LogP contribution in [-0.4, -0.2) is 62.1 Å². The number of nitrogens with zero attached hydrogens (tertiary/aromatic N) is 5. The highest BCUT2D eigenvalue weighted by Crippen LogP contribution is 2.41. The molecule has 1 aliphatic rings. The molecule has 3 heterocycles. The van der Waals surface area contributed by atoms with E-state index in [0.29, 0.717) is 23.8 Å². The molecule has 0 saturated heterocycles. The fourth-order valence-electron chi connectivity index (χ4n) is 3.13. The highest BCUT2D eigenvalue weighted by atomic mass is 19.4. The number of carbonyl (C=O) groups excluding carboxylic acids is 1. The monoisotopic (exact) mass is 493 g/mol. The van der Waals surface area contributed by atoms with Crippen molar-refractivity contribution in [3.8, 4) is 28.7 Å². The highest BCUT2D eigenvalue weighted by Gasteiger charge is 2.34. The number of nitrogens with two attached hydrogens (primary N) is 1. The molecule has 0 aliphatic heterocycles. The van der Waals surface area contributed by atoms with E-state index in [4.69, 9.17) is 5.73 Å². The van der Waals surface area contributed by atoms with Crippen LogP contribution in [0, 0.1) is 0 Å². The number of amides is 1. The summed E-state index contributed by atoms with van der Waals surface area (Å²) >= 11 is 0. The van der Waals surface area contributed by atoms with Crippen LogP contribution in [-0.2, 0) is 4.74 Å². The molecule has 4 rings (SSSR count). The van der Waals surface area contributed by atoms with Crippen molar-refractivity contribution in [2.45, 2.75) is 38.1 Å². The molecular weight excluding hydrogens is 471 g/mol. The zero-order valence-electron chi connectivity index (χ0n) is 18.7. The Kier molecular flexibility index (Phi) is 6.57. The first-order valence-electron chi connectivity index (χ1n) is 10.5. The summed E-state index contributed by atoms with van der Waals surface area (Å²) in [5.74, 6) is -0.238. The minimum absolute atomic E-state index is 0.0284. The molecule has 15 heteroatoms. The second-order valence-electron chi connectivity index (χ2n) is 7.80. The van der Waals surface area contributed by atoms with Crippen molar-refractivity contribution in [2.24, 2.45) is 0 Å². The number of nitrogens with one attached hydrogen (secondary N) is 3. The molecular formula is C20H22F3N9O3. The number of aromatic nitrogens is 6. The van der Waals surface area contributed by atoms with Crippen molar-refractivity contribution >= 4 is 17.9 Å². The third kappa shape index (κ3) is 6.04. The van der Waals surface area contributed by atoms with E-state index in [2.05, 4.69) is 50.0 Å².